The molecule has 6 nitrogen and oxygen atoms in total. The van der Waals surface area contributed by atoms with E-state index in [-0.39, 0.29) is 0 Å². The summed E-state index contributed by atoms with van der Waals surface area (Å²) in [6, 6.07) is 76.0. The number of aromatic nitrogens is 4. The maximum Gasteiger partial charge on any atom is 0.227 e. The van der Waals surface area contributed by atoms with Gasteiger partial charge >= 0.3 is 0 Å². The topological polar surface area (TPSA) is 77.8 Å². The van der Waals surface area contributed by atoms with Gasteiger partial charge in [-0.3, -0.25) is 0 Å². The van der Waals surface area contributed by atoms with Gasteiger partial charge in [0.05, 0.1) is 5.41 Å². The molecule has 0 N–H and O–H groups in total. The zero-order valence-corrected chi connectivity index (χ0v) is 34.9. The first-order valence-corrected chi connectivity index (χ1v) is 21.8. The van der Waals surface area contributed by atoms with Crippen LogP contribution < -0.4 is 0 Å². The van der Waals surface area contributed by atoms with Crippen molar-refractivity contribution >= 4 is 33.0 Å². The van der Waals surface area contributed by atoms with Crippen molar-refractivity contribution in [2.75, 3.05) is 0 Å². The summed E-state index contributed by atoms with van der Waals surface area (Å²) in [4.78, 5) is 20.1. The Labute approximate surface area is 374 Å². The predicted octanol–water partition coefficient (Wildman–Crippen LogP) is 14.6. The lowest BCUT2D eigenvalue weighted by Gasteiger charge is -2.34. The summed E-state index contributed by atoms with van der Waals surface area (Å²) in [6.45, 7) is 0. The number of rotatable bonds is 7. The normalized spacial score (nSPS) is 12.7. The van der Waals surface area contributed by atoms with Gasteiger partial charge in [-0.2, -0.15) is 0 Å². The van der Waals surface area contributed by atoms with E-state index in [0.717, 1.165) is 77.5 Å². The zero-order valence-electron chi connectivity index (χ0n) is 34.9. The summed E-state index contributed by atoms with van der Waals surface area (Å²) in [5.74, 6) is 2.38. The van der Waals surface area contributed by atoms with Crippen LogP contribution in [0.25, 0.3) is 101 Å². The molecule has 13 rings (SSSR count). The van der Waals surface area contributed by atoms with Gasteiger partial charge in [0.1, 0.15) is 16.7 Å². The van der Waals surface area contributed by atoms with E-state index < -0.39 is 5.41 Å². The fraction of sp³-hybridized carbons (Fsp3) is 0.0169. The number of benzene rings is 9. The largest absolute Gasteiger partial charge is 0.456 e. The summed E-state index contributed by atoms with van der Waals surface area (Å²) in [5.41, 5.74) is 15.6. The van der Waals surface area contributed by atoms with Gasteiger partial charge in [-0.15, -0.1) is 0 Å². The number of nitrogens with zero attached hydrogens (tertiary/aromatic N) is 4. The lowest BCUT2D eigenvalue weighted by atomic mass is 9.67. The second-order valence-corrected chi connectivity index (χ2v) is 16.5. The molecule has 3 aromatic heterocycles. The van der Waals surface area contributed by atoms with E-state index >= 15 is 0 Å². The average Bonchev–Trinajstić information content (AvgIpc) is 4.07. The Morgan fingerprint density at radius 3 is 1.60 bits per heavy atom. The van der Waals surface area contributed by atoms with Crippen LogP contribution in [0.5, 0.6) is 0 Å². The molecule has 0 unspecified atom stereocenters. The number of fused-ring (bicyclic) bond motifs is 7. The average molecular weight is 833 g/mol. The molecule has 304 valence electrons. The van der Waals surface area contributed by atoms with Crippen molar-refractivity contribution in [1.29, 1.82) is 0 Å². The van der Waals surface area contributed by atoms with Gasteiger partial charge in [0, 0.05) is 33.0 Å². The molecule has 12 aromatic rings. The molecule has 9 aromatic carbocycles. The van der Waals surface area contributed by atoms with Crippen LogP contribution in [0.3, 0.4) is 0 Å². The highest BCUT2D eigenvalue weighted by atomic mass is 16.3. The molecule has 65 heavy (non-hydrogen) atoms. The summed E-state index contributed by atoms with van der Waals surface area (Å²) in [6.07, 6.45) is 0. The summed E-state index contributed by atoms with van der Waals surface area (Å²) in [5, 5.41) is 2.14. The van der Waals surface area contributed by atoms with Crippen LogP contribution >= 0.6 is 0 Å². The van der Waals surface area contributed by atoms with E-state index in [1.165, 1.54) is 22.3 Å². The Hall–Kier alpha value is -8.74. The first kappa shape index (κ1) is 36.9. The Morgan fingerprint density at radius 2 is 0.862 bits per heavy atom. The molecule has 0 amide bonds. The zero-order chi connectivity index (χ0) is 42.9. The summed E-state index contributed by atoms with van der Waals surface area (Å²) in [7, 11) is 0. The van der Waals surface area contributed by atoms with Crippen molar-refractivity contribution in [3.8, 4) is 67.9 Å². The number of oxazole rings is 1. The van der Waals surface area contributed by atoms with E-state index in [0.29, 0.717) is 23.4 Å². The van der Waals surface area contributed by atoms with Gasteiger partial charge in [0.25, 0.3) is 0 Å². The monoisotopic (exact) mass is 832 g/mol. The van der Waals surface area contributed by atoms with Gasteiger partial charge in [0.2, 0.25) is 5.89 Å². The van der Waals surface area contributed by atoms with Crippen LogP contribution in [-0.2, 0) is 5.41 Å². The molecule has 0 atom stereocenters. The molecular formula is C59H36N4O2. The molecule has 0 spiro atoms. The van der Waals surface area contributed by atoms with Crippen molar-refractivity contribution in [3.63, 3.8) is 0 Å². The Kier molecular flexibility index (Phi) is 8.33. The fourth-order valence-corrected chi connectivity index (χ4v) is 9.85. The van der Waals surface area contributed by atoms with Gasteiger partial charge in [-0.1, -0.05) is 170 Å². The second-order valence-electron chi connectivity index (χ2n) is 16.5. The van der Waals surface area contributed by atoms with Crippen molar-refractivity contribution in [3.05, 3.63) is 241 Å². The SMILES string of the molecule is c1ccc(-c2nc(-c3cccc(-c4ccc(C5(c6ccc7nc(-c8ccccc8)oc7c6)c6ccccc6-c6ccccc65)cc4)c3)nc(-c3ccc4c(c3)oc3ccccc34)n2)cc1. The van der Waals surface area contributed by atoms with Crippen molar-refractivity contribution in [2.24, 2.45) is 0 Å². The summed E-state index contributed by atoms with van der Waals surface area (Å²) >= 11 is 0. The number of hydrogen-bond acceptors (Lipinski definition) is 6. The molecule has 0 aliphatic heterocycles. The van der Waals surface area contributed by atoms with Crippen molar-refractivity contribution in [1.82, 2.24) is 19.9 Å². The smallest absolute Gasteiger partial charge is 0.227 e. The van der Waals surface area contributed by atoms with E-state index in [9.17, 15) is 0 Å². The Balaban J connectivity index is 0.919. The Bertz CT molecular complexity index is 3730. The van der Waals surface area contributed by atoms with Crippen LogP contribution in [0.15, 0.2) is 227 Å². The molecule has 1 aliphatic carbocycles. The lowest BCUT2D eigenvalue weighted by Crippen LogP contribution is -2.28. The van der Waals surface area contributed by atoms with Crippen LogP contribution in [0.1, 0.15) is 22.3 Å². The van der Waals surface area contributed by atoms with Crippen LogP contribution in [0.4, 0.5) is 0 Å². The molecule has 6 heteroatoms. The standard InChI is InChI=1S/C59H36N4O2/c1-3-14-38(15-4-1)55-61-56(63-57(62-55)42-28-32-48-47-22-9-12-25-52(47)64-53(48)35-42)41-19-13-18-40(34-41)37-26-29-43(30-27-37)59(49-23-10-7-20-45(49)46-21-8-11-24-50(46)59)44-31-33-51-54(36-44)65-58(60-51)39-16-5-2-6-17-39/h1-36H. The molecule has 3 heterocycles. The number of hydrogen-bond donors (Lipinski definition) is 0. The van der Waals surface area contributed by atoms with Crippen molar-refractivity contribution < 1.29 is 8.83 Å². The highest BCUT2D eigenvalue weighted by molar-refractivity contribution is 6.05. The van der Waals surface area contributed by atoms with Crippen molar-refractivity contribution in [2.45, 2.75) is 5.41 Å². The molecule has 1 aliphatic rings. The highest BCUT2D eigenvalue weighted by Gasteiger charge is 2.46. The minimum absolute atomic E-state index is 0.577. The second kappa shape index (κ2) is 14.7. The highest BCUT2D eigenvalue weighted by Crippen LogP contribution is 2.56. The van der Waals surface area contributed by atoms with Gasteiger partial charge < -0.3 is 8.83 Å². The van der Waals surface area contributed by atoms with E-state index in [1.54, 1.807) is 0 Å². The lowest BCUT2D eigenvalue weighted by molar-refractivity contribution is 0.618. The van der Waals surface area contributed by atoms with Crippen LogP contribution in [-0.4, -0.2) is 19.9 Å². The van der Waals surface area contributed by atoms with Crippen LogP contribution in [0.2, 0.25) is 0 Å². The minimum atomic E-state index is -0.609. The molecule has 0 radical (unpaired) electrons. The molecule has 0 saturated carbocycles. The van der Waals surface area contributed by atoms with E-state index in [2.05, 4.69) is 133 Å². The summed E-state index contributed by atoms with van der Waals surface area (Å²) < 4.78 is 12.8. The molecule has 0 bridgehead atoms. The third-order valence-corrected chi connectivity index (χ3v) is 12.9. The van der Waals surface area contributed by atoms with Gasteiger partial charge in [-0.05, 0) is 93.0 Å². The van der Waals surface area contributed by atoms with Gasteiger partial charge in [-0.25, -0.2) is 19.9 Å². The fourth-order valence-electron chi connectivity index (χ4n) is 9.85. The Morgan fingerprint density at radius 1 is 0.308 bits per heavy atom. The minimum Gasteiger partial charge on any atom is -0.456 e. The third-order valence-electron chi connectivity index (χ3n) is 12.9. The predicted molar refractivity (Wildman–Crippen MR) is 259 cm³/mol. The number of furan rings is 1. The first-order chi connectivity index (χ1) is 32.2. The van der Waals surface area contributed by atoms with Crippen LogP contribution in [0, 0.1) is 0 Å². The molecular weight excluding hydrogens is 797 g/mol. The van der Waals surface area contributed by atoms with Gasteiger partial charge in [0.15, 0.2) is 23.1 Å². The van der Waals surface area contributed by atoms with E-state index in [1.807, 2.05) is 84.9 Å². The third kappa shape index (κ3) is 5.95. The van der Waals surface area contributed by atoms with E-state index in [4.69, 9.17) is 28.8 Å². The quantitative estimate of drug-likeness (QED) is 0.159. The maximum atomic E-state index is 6.50. The molecule has 0 saturated heterocycles. The first-order valence-electron chi connectivity index (χ1n) is 21.8. The maximum absolute atomic E-state index is 6.50. The number of para-hydroxylation sites is 1. The molecule has 0 fully saturated rings.